The molecule has 1 aromatic carbocycles. The molecule has 2 heterocycles. The lowest BCUT2D eigenvalue weighted by molar-refractivity contribution is -0.124. The molecular weight excluding hydrogens is 288 g/mol. The Bertz CT molecular complexity index is 513. The fraction of sp³-hybridized carbons (Fsp3) is 0.611. The van der Waals surface area contributed by atoms with Crippen LogP contribution in [0.4, 0.5) is 0 Å². The number of nitrogens with two attached hydrogens (primary N) is 1. The molecule has 3 rings (SSSR count). The second kappa shape index (κ2) is 7.43. The molecule has 0 saturated carbocycles. The van der Waals surface area contributed by atoms with Crippen molar-refractivity contribution in [1.29, 1.82) is 0 Å². The van der Waals surface area contributed by atoms with E-state index in [4.69, 9.17) is 5.73 Å². The van der Waals surface area contributed by atoms with Gasteiger partial charge in [0.05, 0.1) is 0 Å². The summed E-state index contributed by atoms with van der Waals surface area (Å²) in [4.78, 5) is 19.2. The number of rotatable bonds is 4. The number of carbonyl (C=O) groups is 1. The SMILES string of the molecule is CN1CCC[C@H](N2CCN([C@H](C(N)=O)c3ccccc3)CC2)C1. The highest BCUT2D eigenvalue weighted by molar-refractivity contribution is 5.81. The lowest BCUT2D eigenvalue weighted by atomic mass is 10.0. The zero-order valence-corrected chi connectivity index (χ0v) is 14.0. The maximum absolute atomic E-state index is 12.0. The molecule has 2 saturated heterocycles. The van der Waals surface area contributed by atoms with Crippen LogP contribution in [0.15, 0.2) is 30.3 Å². The molecule has 0 bridgehead atoms. The number of amides is 1. The third kappa shape index (κ3) is 3.91. The summed E-state index contributed by atoms with van der Waals surface area (Å²) >= 11 is 0. The first-order chi connectivity index (χ1) is 11.1. The van der Waals surface area contributed by atoms with Gasteiger partial charge in [0.15, 0.2) is 0 Å². The lowest BCUT2D eigenvalue weighted by Gasteiger charge is -2.44. The Morgan fingerprint density at radius 1 is 1.13 bits per heavy atom. The number of piperazine rings is 1. The van der Waals surface area contributed by atoms with Crippen molar-refractivity contribution in [2.45, 2.75) is 24.9 Å². The summed E-state index contributed by atoms with van der Waals surface area (Å²) in [5.74, 6) is -0.248. The van der Waals surface area contributed by atoms with Crippen LogP contribution in [-0.2, 0) is 4.79 Å². The molecule has 126 valence electrons. The van der Waals surface area contributed by atoms with Crippen molar-refractivity contribution in [1.82, 2.24) is 14.7 Å². The van der Waals surface area contributed by atoms with E-state index in [0.717, 1.165) is 38.3 Å². The summed E-state index contributed by atoms with van der Waals surface area (Å²) < 4.78 is 0. The fourth-order valence-electron chi connectivity index (χ4n) is 3.99. The van der Waals surface area contributed by atoms with Crippen LogP contribution in [0.2, 0.25) is 0 Å². The van der Waals surface area contributed by atoms with Gasteiger partial charge in [0.1, 0.15) is 6.04 Å². The van der Waals surface area contributed by atoms with E-state index in [1.165, 1.54) is 19.4 Å². The third-order valence-corrected chi connectivity index (χ3v) is 5.21. The molecule has 5 nitrogen and oxygen atoms in total. The van der Waals surface area contributed by atoms with Crippen LogP contribution in [0.5, 0.6) is 0 Å². The van der Waals surface area contributed by atoms with Crippen molar-refractivity contribution in [3.63, 3.8) is 0 Å². The van der Waals surface area contributed by atoms with E-state index in [-0.39, 0.29) is 11.9 Å². The Morgan fingerprint density at radius 2 is 1.83 bits per heavy atom. The molecule has 2 aliphatic rings. The molecular formula is C18H28N4O. The summed E-state index contributed by atoms with van der Waals surface area (Å²) in [6, 6.07) is 10.3. The average Bonchev–Trinajstić information content (AvgIpc) is 2.56. The van der Waals surface area contributed by atoms with Crippen molar-refractivity contribution in [2.75, 3.05) is 46.3 Å². The predicted octanol–water partition coefficient (Wildman–Crippen LogP) is 0.925. The van der Waals surface area contributed by atoms with E-state index in [1.807, 2.05) is 30.3 Å². The van der Waals surface area contributed by atoms with Crippen molar-refractivity contribution < 1.29 is 4.79 Å². The number of likely N-dealkylation sites (N-methyl/N-ethyl adjacent to an activating group) is 1. The van der Waals surface area contributed by atoms with Crippen molar-refractivity contribution in [3.8, 4) is 0 Å². The first-order valence-electron chi connectivity index (χ1n) is 8.66. The molecule has 2 atom stereocenters. The largest absolute Gasteiger partial charge is 0.368 e. The van der Waals surface area contributed by atoms with Crippen LogP contribution in [0.25, 0.3) is 0 Å². The normalized spacial score (nSPS) is 26.0. The van der Waals surface area contributed by atoms with E-state index in [9.17, 15) is 4.79 Å². The van der Waals surface area contributed by atoms with E-state index in [1.54, 1.807) is 0 Å². The molecule has 2 aliphatic heterocycles. The molecule has 0 aliphatic carbocycles. The van der Waals surface area contributed by atoms with Gasteiger partial charge in [0.25, 0.3) is 0 Å². The van der Waals surface area contributed by atoms with Gasteiger partial charge < -0.3 is 10.6 Å². The summed E-state index contributed by atoms with van der Waals surface area (Å²) in [6.45, 7) is 6.24. The van der Waals surface area contributed by atoms with E-state index in [0.29, 0.717) is 6.04 Å². The molecule has 1 amide bonds. The smallest absolute Gasteiger partial charge is 0.239 e. The maximum Gasteiger partial charge on any atom is 0.239 e. The highest BCUT2D eigenvalue weighted by Gasteiger charge is 2.32. The predicted molar refractivity (Wildman–Crippen MR) is 92.0 cm³/mol. The highest BCUT2D eigenvalue weighted by Crippen LogP contribution is 2.24. The zero-order valence-electron chi connectivity index (χ0n) is 14.0. The number of likely N-dealkylation sites (tertiary alicyclic amines) is 1. The number of carbonyl (C=O) groups excluding carboxylic acids is 1. The quantitative estimate of drug-likeness (QED) is 0.898. The van der Waals surface area contributed by atoms with Crippen molar-refractivity contribution in [2.24, 2.45) is 5.73 Å². The number of nitrogens with zero attached hydrogens (tertiary/aromatic N) is 3. The van der Waals surface area contributed by atoms with Crippen LogP contribution >= 0.6 is 0 Å². The third-order valence-electron chi connectivity index (χ3n) is 5.21. The molecule has 2 N–H and O–H groups in total. The fourth-order valence-corrected chi connectivity index (χ4v) is 3.99. The van der Waals surface area contributed by atoms with Crippen LogP contribution in [0.3, 0.4) is 0 Å². The van der Waals surface area contributed by atoms with Crippen LogP contribution < -0.4 is 5.73 Å². The summed E-state index contributed by atoms with van der Waals surface area (Å²) in [6.07, 6.45) is 2.58. The number of hydrogen-bond acceptors (Lipinski definition) is 4. The molecule has 0 aromatic heterocycles. The molecule has 0 spiro atoms. The standard InChI is InChI=1S/C18H28N4O/c1-20-9-5-8-16(14-20)21-10-12-22(13-11-21)17(18(19)23)15-6-3-2-4-7-15/h2-4,6-7,16-17H,5,8-14H2,1H3,(H2,19,23)/t16-,17-/m0/s1. The van der Waals surface area contributed by atoms with Crippen LogP contribution in [0.1, 0.15) is 24.4 Å². The van der Waals surface area contributed by atoms with Gasteiger partial charge in [-0.1, -0.05) is 30.3 Å². The molecule has 23 heavy (non-hydrogen) atoms. The summed E-state index contributed by atoms with van der Waals surface area (Å²) in [5.41, 5.74) is 6.70. The molecule has 0 unspecified atom stereocenters. The zero-order chi connectivity index (χ0) is 16.2. The average molecular weight is 316 g/mol. The topological polar surface area (TPSA) is 52.8 Å². The first-order valence-corrected chi connectivity index (χ1v) is 8.66. The van der Waals surface area contributed by atoms with Crippen molar-refractivity contribution >= 4 is 5.91 Å². The first kappa shape index (κ1) is 16.4. The van der Waals surface area contributed by atoms with Crippen LogP contribution in [-0.4, -0.2) is 73.0 Å². The van der Waals surface area contributed by atoms with Gasteiger partial charge in [-0.2, -0.15) is 0 Å². The number of benzene rings is 1. The lowest BCUT2D eigenvalue weighted by Crippen LogP contribution is -2.56. The number of piperidine rings is 1. The van der Waals surface area contributed by atoms with E-state index in [2.05, 4.69) is 21.7 Å². The minimum atomic E-state index is -0.299. The summed E-state index contributed by atoms with van der Waals surface area (Å²) in [5, 5.41) is 0. The second-order valence-corrected chi connectivity index (χ2v) is 6.85. The number of primary amides is 1. The van der Waals surface area contributed by atoms with E-state index >= 15 is 0 Å². The molecule has 5 heteroatoms. The van der Waals surface area contributed by atoms with Crippen molar-refractivity contribution in [3.05, 3.63) is 35.9 Å². The maximum atomic E-state index is 12.0. The van der Waals surface area contributed by atoms with Gasteiger partial charge in [-0.25, -0.2) is 0 Å². The molecule has 0 radical (unpaired) electrons. The second-order valence-electron chi connectivity index (χ2n) is 6.85. The van der Waals surface area contributed by atoms with Gasteiger partial charge in [-0.3, -0.25) is 14.6 Å². The monoisotopic (exact) mass is 316 g/mol. The molecule has 2 fully saturated rings. The minimum absolute atomic E-state index is 0.248. The number of hydrogen-bond donors (Lipinski definition) is 1. The Morgan fingerprint density at radius 3 is 2.43 bits per heavy atom. The Kier molecular flexibility index (Phi) is 5.30. The van der Waals surface area contributed by atoms with Gasteiger partial charge in [-0.15, -0.1) is 0 Å². The van der Waals surface area contributed by atoms with Gasteiger partial charge in [0, 0.05) is 38.8 Å². The summed E-state index contributed by atoms with van der Waals surface area (Å²) in [7, 11) is 2.21. The van der Waals surface area contributed by atoms with Gasteiger partial charge in [0.2, 0.25) is 5.91 Å². The minimum Gasteiger partial charge on any atom is -0.368 e. The van der Waals surface area contributed by atoms with E-state index < -0.39 is 0 Å². The molecule has 1 aromatic rings. The van der Waals surface area contributed by atoms with Crippen LogP contribution in [0, 0.1) is 0 Å². The Hall–Kier alpha value is -1.43. The Balaban J connectivity index is 1.62. The highest BCUT2D eigenvalue weighted by atomic mass is 16.1. The van der Waals surface area contributed by atoms with Gasteiger partial charge >= 0.3 is 0 Å². The van der Waals surface area contributed by atoms with Gasteiger partial charge in [-0.05, 0) is 32.0 Å². The Labute approximate surface area is 139 Å².